The van der Waals surface area contributed by atoms with Gasteiger partial charge in [0.2, 0.25) is 5.91 Å². The maximum absolute atomic E-state index is 13.3. The Morgan fingerprint density at radius 1 is 1.03 bits per heavy atom. The van der Waals surface area contributed by atoms with Crippen molar-refractivity contribution in [2.24, 2.45) is 11.8 Å². The molecule has 2 aromatic carbocycles. The minimum atomic E-state index is -2.07. The summed E-state index contributed by atoms with van der Waals surface area (Å²) in [5.41, 5.74) is 1.25. The molecule has 194 valence electrons. The Bertz CT molecular complexity index is 1120. The van der Waals surface area contributed by atoms with Crippen molar-refractivity contribution in [2.75, 3.05) is 11.9 Å². The third-order valence-electron chi connectivity index (χ3n) is 7.48. The highest BCUT2D eigenvalue weighted by molar-refractivity contribution is 8.13. The summed E-state index contributed by atoms with van der Waals surface area (Å²) < 4.78 is 6.48. The number of carbonyl (C=O) groups excluding carboxylic acids is 3. The number of hydrogen-bond donors (Lipinski definition) is 1. The van der Waals surface area contributed by atoms with Crippen molar-refractivity contribution in [1.82, 2.24) is 5.32 Å². The summed E-state index contributed by atoms with van der Waals surface area (Å²) in [6, 6.07) is 16.2. The minimum Gasteiger partial charge on any atom is -0.413 e. The number of amides is 2. The molecule has 1 aliphatic heterocycles. The molecule has 0 aliphatic carbocycles. The maximum atomic E-state index is 13.3. The van der Waals surface area contributed by atoms with E-state index < -0.39 is 14.2 Å². The number of anilines is 1. The van der Waals surface area contributed by atoms with Crippen LogP contribution in [0, 0.1) is 11.8 Å². The average molecular weight is 527 g/mol. The predicted molar refractivity (Wildman–Crippen MR) is 149 cm³/mol. The number of nitrogens with zero attached hydrogens (tertiary/aromatic N) is 1. The summed E-state index contributed by atoms with van der Waals surface area (Å²) in [7, 11) is -0.342. The largest absolute Gasteiger partial charge is 0.413 e. The Balaban J connectivity index is 1.73. The number of benzene rings is 2. The number of nitrogens with one attached hydrogen (secondary N) is 1. The van der Waals surface area contributed by atoms with Gasteiger partial charge < -0.3 is 14.6 Å². The zero-order chi connectivity index (χ0) is 26.8. The molecule has 1 aliphatic rings. The van der Waals surface area contributed by atoms with Gasteiger partial charge in [-0.15, -0.1) is 0 Å². The Morgan fingerprint density at radius 3 is 2.19 bits per heavy atom. The van der Waals surface area contributed by atoms with Gasteiger partial charge in [0.25, 0.3) is 5.91 Å². The van der Waals surface area contributed by atoms with E-state index in [1.54, 1.807) is 30.1 Å². The van der Waals surface area contributed by atoms with E-state index in [1.807, 2.05) is 50.2 Å². The van der Waals surface area contributed by atoms with Crippen molar-refractivity contribution >= 4 is 42.7 Å². The van der Waals surface area contributed by atoms with Crippen molar-refractivity contribution in [1.29, 1.82) is 0 Å². The van der Waals surface area contributed by atoms with E-state index in [2.05, 4.69) is 39.2 Å². The van der Waals surface area contributed by atoms with E-state index in [0.29, 0.717) is 10.5 Å². The lowest BCUT2D eigenvalue weighted by Gasteiger charge is -2.46. The number of thioether (sulfide) groups is 1. The van der Waals surface area contributed by atoms with Crippen molar-refractivity contribution < 1.29 is 18.8 Å². The van der Waals surface area contributed by atoms with Crippen LogP contribution in [0.4, 0.5) is 5.69 Å². The summed E-state index contributed by atoms with van der Waals surface area (Å²) in [6.07, 6.45) is -0.279. The normalized spacial score (nSPS) is 19.6. The lowest BCUT2D eigenvalue weighted by atomic mass is 9.79. The second-order valence-electron chi connectivity index (χ2n) is 11.0. The second-order valence-corrected chi connectivity index (χ2v) is 16.9. The SMILES string of the molecule is C[C@H](C(=O)Sc1ccccc1C(=O)N(C)c1ccccc1)[C@H]1NC(=O)[C@@H]1[C@@H](C)O[Si](C)(C)C(C)(C)C. The monoisotopic (exact) mass is 526 g/mol. The van der Waals surface area contributed by atoms with Gasteiger partial charge in [-0.25, -0.2) is 0 Å². The van der Waals surface area contributed by atoms with Gasteiger partial charge in [-0.05, 0) is 49.3 Å². The average Bonchev–Trinajstić information content (AvgIpc) is 2.80. The molecular weight excluding hydrogens is 488 g/mol. The smallest absolute Gasteiger partial charge is 0.259 e. The molecule has 2 amide bonds. The summed E-state index contributed by atoms with van der Waals surface area (Å²) in [6.45, 7) is 14.6. The molecule has 36 heavy (non-hydrogen) atoms. The number of para-hydroxylation sites is 1. The summed E-state index contributed by atoms with van der Waals surface area (Å²) >= 11 is 1.06. The van der Waals surface area contributed by atoms with E-state index in [4.69, 9.17) is 4.43 Å². The Morgan fingerprint density at radius 2 is 1.61 bits per heavy atom. The van der Waals surface area contributed by atoms with Crippen LogP contribution in [-0.4, -0.2) is 44.4 Å². The van der Waals surface area contributed by atoms with Gasteiger partial charge in [-0.2, -0.15) is 0 Å². The molecule has 0 radical (unpaired) electrons. The fraction of sp³-hybridized carbons (Fsp3) is 0.464. The van der Waals surface area contributed by atoms with Gasteiger partial charge in [0.1, 0.15) is 0 Å². The van der Waals surface area contributed by atoms with Crippen LogP contribution >= 0.6 is 11.8 Å². The van der Waals surface area contributed by atoms with Crippen LogP contribution in [0.5, 0.6) is 0 Å². The van der Waals surface area contributed by atoms with Crippen molar-refractivity contribution in [3.05, 3.63) is 60.2 Å². The molecule has 0 bridgehead atoms. The van der Waals surface area contributed by atoms with Gasteiger partial charge >= 0.3 is 0 Å². The lowest BCUT2D eigenvalue weighted by Crippen LogP contribution is -2.66. The summed E-state index contributed by atoms with van der Waals surface area (Å²) in [5, 5.41) is 2.86. The molecule has 0 spiro atoms. The van der Waals surface area contributed by atoms with E-state index >= 15 is 0 Å². The quantitative estimate of drug-likeness (QED) is 0.270. The first-order valence-corrected chi connectivity index (χ1v) is 16.1. The Labute approximate surface area is 220 Å². The third-order valence-corrected chi connectivity index (χ3v) is 13.2. The van der Waals surface area contributed by atoms with Gasteiger partial charge in [-0.1, -0.05) is 69.8 Å². The van der Waals surface area contributed by atoms with Crippen LogP contribution in [0.15, 0.2) is 59.5 Å². The van der Waals surface area contributed by atoms with Crippen LogP contribution in [0.3, 0.4) is 0 Å². The van der Waals surface area contributed by atoms with E-state index in [0.717, 1.165) is 17.4 Å². The number of carbonyl (C=O) groups is 3. The minimum absolute atomic E-state index is 0.0252. The molecule has 1 saturated heterocycles. The van der Waals surface area contributed by atoms with Crippen LogP contribution in [0.25, 0.3) is 0 Å². The van der Waals surface area contributed by atoms with Crippen molar-refractivity contribution in [2.45, 2.75) is 69.8 Å². The molecule has 0 unspecified atom stereocenters. The third kappa shape index (κ3) is 5.93. The first kappa shape index (κ1) is 28.2. The number of hydrogen-bond acceptors (Lipinski definition) is 5. The predicted octanol–water partition coefficient (Wildman–Crippen LogP) is 5.74. The van der Waals surface area contributed by atoms with Crippen LogP contribution in [-0.2, 0) is 14.0 Å². The highest BCUT2D eigenvalue weighted by Gasteiger charge is 2.50. The molecule has 4 atom stereocenters. The fourth-order valence-electron chi connectivity index (χ4n) is 4.10. The standard InChI is InChI=1S/C28H38N2O4SSi/c1-18(24-23(25(31)29-24)19(2)34-36(7,8)28(3,4)5)27(33)35-22-17-13-12-16-21(22)26(32)30(6)20-14-10-9-11-15-20/h9-19,23-24H,1-8H3,(H,29,31)/t18-,19+,23+,24+/m0/s1. The van der Waals surface area contributed by atoms with Crippen molar-refractivity contribution in [3.63, 3.8) is 0 Å². The topological polar surface area (TPSA) is 75.7 Å². The highest BCUT2D eigenvalue weighted by atomic mass is 32.2. The van der Waals surface area contributed by atoms with E-state index in [9.17, 15) is 14.4 Å². The van der Waals surface area contributed by atoms with Gasteiger partial charge in [0, 0.05) is 23.5 Å². The summed E-state index contributed by atoms with van der Waals surface area (Å²) in [4.78, 5) is 41.3. The van der Waals surface area contributed by atoms with Crippen LogP contribution < -0.4 is 10.2 Å². The highest BCUT2D eigenvalue weighted by Crippen LogP contribution is 2.40. The van der Waals surface area contributed by atoms with E-state index in [1.165, 1.54) is 0 Å². The Hall–Kier alpha value is -2.42. The second kappa shape index (κ2) is 10.9. The van der Waals surface area contributed by atoms with Crippen LogP contribution in [0.1, 0.15) is 45.0 Å². The van der Waals surface area contributed by atoms with Crippen LogP contribution in [0.2, 0.25) is 18.1 Å². The molecule has 2 aromatic rings. The zero-order valence-corrected chi connectivity index (χ0v) is 24.3. The molecule has 1 heterocycles. The van der Waals surface area contributed by atoms with E-state index in [-0.39, 0.29) is 40.0 Å². The molecule has 3 rings (SSSR count). The maximum Gasteiger partial charge on any atom is 0.259 e. The Kier molecular flexibility index (Phi) is 8.53. The lowest BCUT2D eigenvalue weighted by molar-refractivity contribution is -0.143. The molecule has 0 saturated carbocycles. The molecular formula is C28H38N2O4SSi. The molecule has 1 fully saturated rings. The van der Waals surface area contributed by atoms with Gasteiger partial charge in [-0.3, -0.25) is 14.4 Å². The fourth-order valence-corrected chi connectivity index (χ4v) is 6.49. The van der Waals surface area contributed by atoms with Gasteiger partial charge in [0.05, 0.1) is 23.6 Å². The van der Waals surface area contributed by atoms with Gasteiger partial charge in [0.15, 0.2) is 13.4 Å². The molecule has 1 N–H and O–H groups in total. The first-order chi connectivity index (χ1) is 16.7. The first-order valence-electron chi connectivity index (χ1n) is 12.4. The summed E-state index contributed by atoms with van der Waals surface area (Å²) in [5.74, 6) is -1.06. The number of rotatable bonds is 8. The molecule has 0 aromatic heterocycles. The molecule has 8 heteroatoms. The zero-order valence-electron chi connectivity index (χ0n) is 22.5. The molecule has 6 nitrogen and oxygen atoms in total. The number of β-lactam (4-membered cyclic amide) rings is 1. The van der Waals surface area contributed by atoms with Crippen molar-refractivity contribution in [3.8, 4) is 0 Å².